The first-order chi connectivity index (χ1) is 9.67. The smallest absolute Gasteiger partial charge is 0.0234 e. The van der Waals surface area contributed by atoms with Crippen LogP contribution in [0.2, 0.25) is 0 Å². The Bertz CT molecular complexity index is 531. The third-order valence-electron chi connectivity index (χ3n) is 3.44. The molecule has 0 aromatic heterocycles. The molecule has 2 heteroatoms. The molecule has 0 amide bonds. The van der Waals surface area contributed by atoms with Crippen LogP contribution in [0.1, 0.15) is 22.3 Å². The molecule has 2 aromatic carbocycles. The van der Waals surface area contributed by atoms with Gasteiger partial charge in [-0.15, -0.1) is 0 Å². The Balaban J connectivity index is 1.92. The average Bonchev–Trinajstić information content (AvgIpc) is 2.41. The van der Waals surface area contributed by atoms with Crippen LogP contribution in [-0.2, 0) is 19.5 Å². The Kier molecular flexibility index (Phi) is 5.33. The highest BCUT2D eigenvalue weighted by atomic mass is 15.1. The van der Waals surface area contributed by atoms with E-state index in [0.717, 1.165) is 19.5 Å². The number of rotatable bonds is 6. The molecule has 0 aliphatic heterocycles. The van der Waals surface area contributed by atoms with Gasteiger partial charge in [0.15, 0.2) is 0 Å². The number of nitrogens with zero attached hydrogens (tertiary/aromatic N) is 1. The Labute approximate surface area is 122 Å². The molecule has 2 rings (SSSR count). The normalized spacial score (nSPS) is 11.0. The van der Waals surface area contributed by atoms with Crippen molar-refractivity contribution in [3.8, 4) is 0 Å². The zero-order chi connectivity index (χ0) is 14.4. The van der Waals surface area contributed by atoms with Crippen molar-refractivity contribution in [2.24, 2.45) is 5.73 Å². The molecule has 2 N–H and O–H groups in total. The van der Waals surface area contributed by atoms with E-state index in [1.54, 1.807) is 0 Å². The Morgan fingerprint density at radius 1 is 0.900 bits per heavy atom. The summed E-state index contributed by atoms with van der Waals surface area (Å²) in [6, 6.07) is 17.5. The minimum Gasteiger partial charge on any atom is -0.330 e. The van der Waals surface area contributed by atoms with Crippen LogP contribution >= 0.6 is 0 Å². The molecule has 0 aliphatic carbocycles. The van der Waals surface area contributed by atoms with E-state index in [4.69, 9.17) is 5.73 Å². The van der Waals surface area contributed by atoms with E-state index in [-0.39, 0.29) is 0 Å². The maximum atomic E-state index is 5.57. The predicted octanol–water partition coefficient (Wildman–Crippen LogP) is 3.13. The summed E-state index contributed by atoms with van der Waals surface area (Å²) in [5, 5.41) is 0. The quantitative estimate of drug-likeness (QED) is 0.872. The van der Waals surface area contributed by atoms with Crippen LogP contribution in [0.5, 0.6) is 0 Å². The summed E-state index contributed by atoms with van der Waals surface area (Å²) in [5.41, 5.74) is 10.9. The molecule has 2 aromatic rings. The summed E-state index contributed by atoms with van der Waals surface area (Å²) >= 11 is 0. The second kappa shape index (κ2) is 7.22. The molecule has 0 bridgehead atoms. The minimum absolute atomic E-state index is 0.715. The van der Waals surface area contributed by atoms with Gasteiger partial charge in [-0.05, 0) is 43.6 Å². The number of benzene rings is 2. The maximum Gasteiger partial charge on any atom is 0.0234 e. The van der Waals surface area contributed by atoms with E-state index in [2.05, 4.69) is 67.4 Å². The van der Waals surface area contributed by atoms with Crippen molar-refractivity contribution in [2.75, 3.05) is 13.6 Å². The molecule has 0 saturated carbocycles. The zero-order valence-corrected chi connectivity index (χ0v) is 12.5. The molecule has 0 atom stereocenters. The van der Waals surface area contributed by atoms with Gasteiger partial charge in [0.05, 0.1) is 0 Å². The highest BCUT2D eigenvalue weighted by molar-refractivity contribution is 5.24. The molecule has 20 heavy (non-hydrogen) atoms. The summed E-state index contributed by atoms with van der Waals surface area (Å²) in [5.74, 6) is 0. The molecule has 0 radical (unpaired) electrons. The fraction of sp³-hybridized carbons (Fsp3) is 0.333. The second-order valence-electron chi connectivity index (χ2n) is 5.52. The molecular formula is C18H24N2. The maximum absolute atomic E-state index is 5.57. The summed E-state index contributed by atoms with van der Waals surface area (Å²) in [6.45, 7) is 4.80. The van der Waals surface area contributed by atoms with Gasteiger partial charge in [-0.2, -0.15) is 0 Å². The fourth-order valence-electron chi connectivity index (χ4n) is 2.47. The molecule has 0 aliphatic rings. The standard InChI is InChI=1S/C18H24N2/c1-15-4-3-5-18(12-15)14-20(2)13-17-8-6-16(7-9-17)10-11-19/h3-9,12H,10-11,13-14,19H2,1-2H3. The van der Waals surface area contributed by atoms with Crippen LogP contribution in [0, 0.1) is 6.92 Å². The van der Waals surface area contributed by atoms with Crippen LogP contribution in [0.25, 0.3) is 0 Å². The van der Waals surface area contributed by atoms with Crippen molar-refractivity contribution in [1.29, 1.82) is 0 Å². The van der Waals surface area contributed by atoms with Gasteiger partial charge in [0.1, 0.15) is 0 Å². The van der Waals surface area contributed by atoms with E-state index in [9.17, 15) is 0 Å². The SMILES string of the molecule is Cc1cccc(CN(C)Cc2ccc(CCN)cc2)c1. The number of hydrogen-bond donors (Lipinski definition) is 1. The van der Waals surface area contributed by atoms with Crippen molar-refractivity contribution in [2.45, 2.75) is 26.4 Å². The summed E-state index contributed by atoms with van der Waals surface area (Å²) < 4.78 is 0. The molecule has 0 heterocycles. The fourth-order valence-corrected chi connectivity index (χ4v) is 2.47. The molecule has 0 spiro atoms. The van der Waals surface area contributed by atoms with Crippen LogP contribution in [-0.4, -0.2) is 18.5 Å². The van der Waals surface area contributed by atoms with E-state index in [1.807, 2.05) is 0 Å². The monoisotopic (exact) mass is 268 g/mol. The predicted molar refractivity (Wildman–Crippen MR) is 85.6 cm³/mol. The van der Waals surface area contributed by atoms with Crippen molar-refractivity contribution in [1.82, 2.24) is 4.90 Å². The lowest BCUT2D eigenvalue weighted by atomic mass is 10.1. The third kappa shape index (κ3) is 4.48. The Hall–Kier alpha value is -1.64. The van der Waals surface area contributed by atoms with Gasteiger partial charge in [0.2, 0.25) is 0 Å². The third-order valence-corrected chi connectivity index (χ3v) is 3.44. The summed E-state index contributed by atoms with van der Waals surface area (Å²) in [4.78, 5) is 2.34. The van der Waals surface area contributed by atoms with E-state index < -0.39 is 0 Å². The van der Waals surface area contributed by atoms with Crippen LogP contribution in [0.4, 0.5) is 0 Å². The largest absolute Gasteiger partial charge is 0.330 e. The molecule has 2 nitrogen and oxygen atoms in total. The number of aryl methyl sites for hydroxylation is 1. The van der Waals surface area contributed by atoms with E-state index >= 15 is 0 Å². The number of hydrogen-bond acceptors (Lipinski definition) is 2. The van der Waals surface area contributed by atoms with Gasteiger partial charge in [-0.25, -0.2) is 0 Å². The summed E-state index contributed by atoms with van der Waals surface area (Å²) in [6.07, 6.45) is 0.958. The lowest BCUT2D eigenvalue weighted by Gasteiger charge is -2.17. The van der Waals surface area contributed by atoms with Crippen molar-refractivity contribution in [3.05, 3.63) is 70.8 Å². The molecule has 0 saturated heterocycles. The molecular weight excluding hydrogens is 244 g/mol. The Morgan fingerprint density at radius 2 is 1.55 bits per heavy atom. The van der Waals surface area contributed by atoms with Crippen LogP contribution in [0.15, 0.2) is 48.5 Å². The minimum atomic E-state index is 0.715. The van der Waals surface area contributed by atoms with Gasteiger partial charge in [0, 0.05) is 13.1 Å². The summed E-state index contributed by atoms with van der Waals surface area (Å²) in [7, 11) is 2.16. The van der Waals surface area contributed by atoms with Crippen molar-refractivity contribution < 1.29 is 0 Å². The molecule has 106 valence electrons. The number of nitrogens with two attached hydrogens (primary N) is 1. The Morgan fingerprint density at radius 3 is 2.20 bits per heavy atom. The van der Waals surface area contributed by atoms with Gasteiger partial charge < -0.3 is 5.73 Å². The van der Waals surface area contributed by atoms with Crippen LogP contribution < -0.4 is 5.73 Å². The first-order valence-corrected chi connectivity index (χ1v) is 7.19. The van der Waals surface area contributed by atoms with E-state index in [1.165, 1.54) is 22.3 Å². The lowest BCUT2D eigenvalue weighted by molar-refractivity contribution is 0.319. The van der Waals surface area contributed by atoms with Gasteiger partial charge in [-0.1, -0.05) is 54.1 Å². The van der Waals surface area contributed by atoms with Crippen molar-refractivity contribution >= 4 is 0 Å². The lowest BCUT2D eigenvalue weighted by Crippen LogP contribution is -2.17. The second-order valence-corrected chi connectivity index (χ2v) is 5.52. The zero-order valence-electron chi connectivity index (χ0n) is 12.5. The molecule has 0 fully saturated rings. The van der Waals surface area contributed by atoms with Gasteiger partial charge >= 0.3 is 0 Å². The van der Waals surface area contributed by atoms with Gasteiger partial charge in [0.25, 0.3) is 0 Å². The van der Waals surface area contributed by atoms with Gasteiger partial charge in [-0.3, -0.25) is 4.90 Å². The highest BCUT2D eigenvalue weighted by Gasteiger charge is 2.02. The topological polar surface area (TPSA) is 29.3 Å². The van der Waals surface area contributed by atoms with E-state index in [0.29, 0.717) is 6.54 Å². The van der Waals surface area contributed by atoms with Crippen LogP contribution in [0.3, 0.4) is 0 Å². The first kappa shape index (κ1) is 14.8. The highest BCUT2D eigenvalue weighted by Crippen LogP contribution is 2.11. The molecule has 0 unspecified atom stereocenters. The first-order valence-electron chi connectivity index (χ1n) is 7.19. The average molecular weight is 268 g/mol. The van der Waals surface area contributed by atoms with Crippen molar-refractivity contribution in [3.63, 3.8) is 0 Å².